The summed E-state index contributed by atoms with van der Waals surface area (Å²) in [5, 5.41) is 1.85. The van der Waals surface area contributed by atoms with Gasteiger partial charge in [0.15, 0.2) is 0 Å². The van der Waals surface area contributed by atoms with E-state index in [1.165, 1.54) is 4.90 Å². The minimum Gasteiger partial charge on any atom is -0.343 e. The van der Waals surface area contributed by atoms with Gasteiger partial charge in [-0.25, -0.2) is 0 Å². The van der Waals surface area contributed by atoms with Crippen molar-refractivity contribution in [3.63, 3.8) is 0 Å². The molecule has 1 unspecified atom stereocenters. The SMILES string of the molecule is C=CCN1C(=O)C(c2cn(P)c3ccccc23)=C(c2cn(CC=C)c3ccccc23)C1=O. The van der Waals surface area contributed by atoms with Crippen molar-refractivity contribution in [3.05, 3.63) is 97.4 Å². The summed E-state index contributed by atoms with van der Waals surface area (Å²) in [5.41, 5.74) is 4.31. The molecular weight excluding hydrogens is 417 g/mol. The minimum atomic E-state index is -0.299. The molecular formula is C26H22N3O2P. The third-order valence-corrected chi connectivity index (χ3v) is 6.30. The van der Waals surface area contributed by atoms with Crippen molar-refractivity contribution >= 4 is 54.2 Å². The van der Waals surface area contributed by atoms with Crippen LogP contribution >= 0.6 is 9.39 Å². The Morgan fingerprint density at radius 3 is 1.91 bits per heavy atom. The van der Waals surface area contributed by atoms with Crippen molar-refractivity contribution in [2.75, 3.05) is 6.54 Å². The summed E-state index contributed by atoms with van der Waals surface area (Å²) in [6, 6.07) is 15.8. The molecule has 5 nitrogen and oxygen atoms in total. The number of hydrogen-bond acceptors (Lipinski definition) is 2. The Morgan fingerprint density at radius 1 is 0.750 bits per heavy atom. The molecule has 1 atom stereocenters. The van der Waals surface area contributed by atoms with Gasteiger partial charge in [-0.2, -0.15) is 0 Å². The van der Waals surface area contributed by atoms with E-state index in [-0.39, 0.29) is 18.4 Å². The lowest BCUT2D eigenvalue weighted by molar-refractivity contribution is -0.135. The van der Waals surface area contributed by atoms with Crippen molar-refractivity contribution < 1.29 is 9.59 Å². The molecule has 0 radical (unpaired) electrons. The standard InChI is InChI=1S/C26H22N3O2P/c1-3-13-27-15-19(17-9-5-7-11-21(17)27)23-24(26(31)28(14-4-2)25(23)30)20-16-29(32)22-12-8-6-10-18(20)22/h3-12,15-16H,1-2,13-14,32H2. The number of aromatic nitrogens is 2. The fraction of sp³-hybridized carbons (Fsp3) is 0.0769. The van der Waals surface area contributed by atoms with Crippen LogP contribution in [0.25, 0.3) is 33.0 Å². The second kappa shape index (κ2) is 7.77. The largest absolute Gasteiger partial charge is 0.343 e. The normalized spacial score (nSPS) is 14.2. The lowest BCUT2D eigenvalue weighted by atomic mass is 9.95. The summed E-state index contributed by atoms with van der Waals surface area (Å²) in [6.07, 6.45) is 7.25. The number of para-hydroxylation sites is 2. The summed E-state index contributed by atoms with van der Waals surface area (Å²) in [6.45, 7) is 8.35. The van der Waals surface area contributed by atoms with Crippen LogP contribution in [0.4, 0.5) is 0 Å². The van der Waals surface area contributed by atoms with Crippen LogP contribution in [0.3, 0.4) is 0 Å². The number of carbonyl (C=O) groups is 2. The van der Waals surface area contributed by atoms with E-state index in [2.05, 4.69) is 27.1 Å². The molecule has 1 aliphatic rings. The number of hydrogen-bond donors (Lipinski definition) is 0. The van der Waals surface area contributed by atoms with Crippen LogP contribution in [-0.2, 0) is 16.1 Å². The maximum atomic E-state index is 13.6. The molecule has 32 heavy (non-hydrogen) atoms. The molecule has 0 fully saturated rings. The molecule has 6 heteroatoms. The molecule has 0 N–H and O–H groups in total. The lowest BCUT2D eigenvalue weighted by Crippen LogP contribution is -2.31. The molecule has 2 amide bonds. The quantitative estimate of drug-likeness (QED) is 0.244. The summed E-state index contributed by atoms with van der Waals surface area (Å²) in [7, 11) is 2.66. The number of rotatable bonds is 6. The number of imide groups is 1. The zero-order chi connectivity index (χ0) is 22.4. The lowest BCUT2D eigenvalue weighted by Gasteiger charge is -2.12. The molecule has 2 aromatic heterocycles. The van der Waals surface area contributed by atoms with Crippen LogP contribution in [-0.4, -0.2) is 32.2 Å². The molecule has 0 saturated carbocycles. The van der Waals surface area contributed by atoms with Crippen molar-refractivity contribution in [3.8, 4) is 0 Å². The van der Waals surface area contributed by atoms with E-state index in [4.69, 9.17) is 0 Å². The van der Waals surface area contributed by atoms with Gasteiger partial charge in [0.1, 0.15) is 0 Å². The highest BCUT2D eigenvalue weighted by Gasteiger charge is 2.40. The first-order chi connectivity index (χ1) is 15.6. The zero-order valence-corrected chi connectivity index (χ0v) is 18.6. The van der Waals surface area contributed by atoms with E-state index in [1.54, 1.807) is 6.08 Å². The Hall–Kier alpha value is -3.69. The van der Waals surface area contributed by atoms with Crippen LogP contribution in [0.15, 0.2) is 86.2 Å². The highest BCUT2D eigenvalue weighted by Crippen LogP contribution is 2.42. The van der Waals surface area contributed by atoms with Crippen LogP contribution in [0.5, 0.6) is 0 Å². The Labute approximate surface area is 188 Å². The van der Waals surface area contributed by atoms with Gasteiger partial charge in [0.25, 0.3) is 11.8 Å². The third-order valence-electron chi connectivity index (χ3n) is 5.87. The van der Waals surface area contributed by atoms with E-state index >= 15 is 0 Å². The van der Waals surface area contributed by atoms with Gasteiger partial charge in [-0.05, 0) is 21.5 Å². The topological polar surface area (TPSA) is 47.2 Å². The number of allylic oxidation sites excluding steroid dienone is 1. The van der Waals surface area contributed by atoms with Crippen LogP contribution < -0.4 is 0 Å². The predicted octanol–water partition coefficient (Wildman–Crippen LogP) is 4.89. The summed E-state index contributed by atoms with van der Waals surface area (Å²) in [5.74, 6) is -0.598. The van der Waals surface area contributed by atoms with Crippen molar-refractivity contribution in [1.29, 1.82) is 0 Å². The first kappa shape index (κ1) is 20.2. The van der Waals surface area contributed by atoms with Gasteiger partial charge in [0.2, 0.25) is 0 Å². The molecule has 0 aliphatic carbocycles. The van der Waals surface area contributed by atoms with E-state index in [9.17, 15) is 9.59 Å². The molecule has 0 bridgehead atoms. The fourth-order valence-electron chi connectivity index (χ4n) is 4.51. The minimum absolute atomic E-state index is 0.162. The Morgan fingerprint density at radius 2 is 1.28 bits per heavy atom. The van der Waals surface area contributed by atoms with E-state index in [0.717, 1.165) is 32.9 Å². The molecule has 4 aromatic rings. The van der Waals surface area contributed by atoms with Gasteiger partial charge in [0.05, 0.1) is 16.7 Å². The van der Waals surface area contributed by atoms with Gasteiger partial charge >= 0.3 is 0 Å². The predicted molar refractivity (Wildman–Crippen MR) is 133 cm³/mol. The molecule has 0 saturated heterocycles. The van der Waals surface area contributed by atoms with Gasteiger partial charge in [0, 0.05) is 52.9 Å². The second-order valence-corrected chi connectivity index (χ2v) is 8.28. The number of amides is 2. The summed E-state index contributed by atoms with van der Waals surface area (Å²) >= 11 is 0. The Kier molecular flexibility index (Phi) is 4.91. The van der Waals surface area contributed by atoms with Gasteiger partial charge in [-0.1, -0.05) is 48.6 Å². The maximum Gasteiger partial charge on any atom is 0.262 e. The Balaban J connectivity index is 1.86. The molecule has 0 spiro atoms. The van der Waals surface area contributed by atoms with E-state index in [0.29, 0.717) is 17.7 Å². The maximum absolute atomic E-state index is 13.6. The Bertz CT molecular complexity index is 1470. The number of carbonyl (C=O) groups excluding carboxylic acids is 2. The molecule has 158 valence electrons. The van der Waals surface area contributed by atoms with Crippen molar-refractivity contribution in [1.82, 2.24) is 13.8 Å². The average Bonchev–Trinajstić information content (AvgIpc) is 3.40. The van der Waals surface area contributed by atoms with Gasteiger partial charge in [-0.15, -0.1) is 13.2 Å². The van der Waals surface area contributed by atoms with Crippen LogP contribution in [0.2, 0.25) is 0 Å². The average molecular weight is 439 g/mol. The molecule has 3 heterocycles. The van der Waals surface area contributed by atoms with Crippen LogP contribution in [0, 0.1) is 0 Å². The van der Waals surface area contributed by atoms with Gasteiger partial charge in [-0.3, -0.25) is 14.5 Å². The first-order valence-electron chi connectivity index (χ1n) is 10.3. The number of benzene rings is 2. The second-order valence-electron chi connectivity index (χ2n) is 7.73. The van der Waals surface area contributed by atoms with Crippen LogP contribution in [0.1, 0.15) is 11.1 Å². The molecule has 1 aliphatic heterocycles. The van der Waals surface area contributed by atoms with Crippen molar-refractivity contribution in [2.24, 2.45) is 0 Å². The highest BCUT2D eigenvalue weighted by atomic mass is 31.0. The molecule has 2 aromatic carbocycles. The van der Waals surface area contributed by atoms with Gasteiger partial charge < -0.3 is 8.90 Å². The zero-order valence-electron chi connectivity index (χ0n) is 17.5. The van der Waals surface area contributed by atoms with E-state index < -0.39 is 0 Å². The van der Waals surface area contributed by atoms with E-state index in [1.807, 2.05) is 71.3 Å². The summed E-state index contributed by atoms with van der Waals surface area (Å²) < 4.78 is 3.96. The smallest absolute Gasteiger partial charge is 0.262 e. The number of nitrogens with zero attached hydrogens (tertiary/aromatic N) is 3. The molecule has 5 rings (SSSR count). The van der Waals surface area contributed by atoms with Crippen molar-refractivity contribution in [2.45, 2.75) is 6.54 Å². The third kappa shape index (κ3) is 2.89. The number of fused-ring (bicyclic) bond motifs is 2. The summed E-state index contributed by atoms with van der Waals surface area (Å²) in [4.78, 5) is 28.4. The fourth-order valence-corrected chi connectivity index (χ4v) is 4.88. The highest BCUT2D eigenvalue weighted by molar-refractivity contribution is 7.14. The first-order valence-corrected chi connectivity index (χ1v) is 10.8. The monoisotopic (exact) mass is 439 g/mol.